The van der Waals surface area contributed by atoms with Crippen LogP contribution in [0, 0.1) is 5.92 Å². The molecule has 6 nitrogen and oxygen atoms in total. The minimum Gasteiger partial charge on any atom is -0.494 e. The number of benzene rings is 3. The Morgan fingerprint density at radius 3 is 2.41 bits per heavy atom. The van der Waals surface area contributed by atoms with Crippen molar-refractivity contribution < 1.29 is 14.3 Å². The molecular formula is C28H33N3O3. The lowest BCUT2D eigenvalue weighted by Crippen LogP contribution is -2.26. The lowest BCUT2D eigenvalue weighted by atomic mass is 10.1. The van der Waals surface area contributed by atoms with Crippen LogP contribution < -0.4 is 15.4 Å². The zero-order chi connectivity index (χ0) is 24.3. The lowest BCUT2D eigenvalue weighted by Gasteiger charge is -2.18. The molecule has 178 valence electrons. The van der Waals surface area contributed by atoms with Crippen molar-refractivity contribution in [2.24, 2.45) is 5.92 Å². The Morgan fingerprint density at radius 1 is 0.912 bits per heavy atom. The van der Waals surface area contributed by atoms with E-state index in [4.69, 9.17) is 4.74 Å². The maximum Gasteiger partial charge on any atom is 0.253 e. The number of hydrogen-bond acceptors (Lipinski definition) is 4. The molecule has 0 radical (unpaired) electrons. The van der Waals surface area contributed by atoms with E-state index < -0.39 is 0 Å². The fourth-order valence-electron chi connectivity index (χ4n) is 3.38. The van der Waals surface area contributed by atoms with E-state index in [9.17, 15) is 9.59 Å². The summed E-state index contributed by atoms with van der Waals surface area (Å²) >= 11 is 0. The SMILES string of the molecule is CC(C)CCOc1cccc(NC(=O)CNc2cccc(C(=O)N(C)Cc3ccccc3)c2)c1. The number of ether oxygens (including phenoxy) is 1. The third-order valence-electron chi connectivity index (χ3n) is 5.25. The minimum absolute atomic E-state index is 0.0776. The Bertz CT molecular complexity index is 1080. The van der Waals surface area contributed by atoms with Crippen LogP contribution >= 0.6 is 0 Å². The predicted molar refractivity (Wildman–Crippen MR) is 137 cm³/mol. The van der Waals surface area contributed by atoms with Crippen molar-refractivity contribution >= 4 is 23.2 Å². The number of nitrogens with one attached hydrogen (secondary N) is 2. The van der Waals surface area contributed by atoms with Crippen molar-refractivity contribution in [3.63, 3.8) is 0 Å². The molecular weight excluding hydrogens is 426 g/mol. The van der Waals surface area contributed by atoms with Gasteiger partial charge in [-0.1, -0.05) is 56.3 Å². The highest BCUT2D eigenvalue weighted by atomic mass is 16.5. The normalized spacial score (nSPS) is 10.6. The van der Waals surface area contributed by atoms with Crippen molar-refractivity contribution in [3.8, 4) is 5.75 Å². The topological polar surface area (TPSA) is 70.7 Å². The number of carbonyl (C=O) groups is 2. The van der Waals surface area contributed by atoms with Gasteiger partial charge >= 0.3 is 0 Å². The molecule has 0 bridgehead atoms. The third-order valence-corrected chi connectivity index (χ3v) is 5.25. The quantitative estimate of drug-likeness (QED) is 0.401. The van der Waals surface area contributed by atoms with Gasteiger partial charge in [0.2, 0.25) is 5.91 Å². The molecule has 3 aromatic rings. The van der Waals surface area contributed by atoms with Gasteiger partial charge < -0.3 is 20.3 Å². The predicted octanol–water partition coefficient (Wildman–Crippen LogP) is 5.43. The highest BCUT2D eigenvalue weighted by molar-refractivity contribution is 5.96. The smallest absolute Gasteiger partial charge is 0.253 e. The summed E-state index contributed by atoms with van der Waals surface area (Å²) < 4.78 is 5.76. The van der Waals surface area contributed by atoms with Crippen molar-refractivity contribution in [1.29, 1.82) is 0 Å². The van der Waals surface area contributed by atoms with Crippen molar-refractivity contribution in [3.05, 3.63) is 90.0 Å². The molecule has 0 fully saturated rings. The van der Waals surface area contributed by atoms with E-state index in [1.54, 1.807) is 24.1 Å². The van der Waals surface area contributed by atoms with Gasteiger partial charge in [0.25, 0.3) is 5.91 Å². The van der Waals surface area contributed by atoms with E-state index in [1.165, 1.54) is 0 Å². The van der Waals surface area contributed by atoms with Gasteiger partial charge in [0.15, 0.2) is 0 Å². The number of carbonyl (C=O) groups excluding carboxylic acids is 2. The number of hydrogen-bond donors (Lipinski definition) is 2. The van der Waals surface area contributed by atoms with Crippen LogP contribution in [0.5, 0.6) is 5.75 Å². The molecule has 3 rings (SSSR count). The Hall–Kier alpha value is -3.80. The molecule has 34 heavy (non-hydrogen) atoms. The lowest BCUT2D eigenvalue weighted by molar-refractivity contribution is -0.114. The van der Waals surface area contributed by atoms with Crippen LogP contribution in [0.1, 0.15) is 36.2 Å². The average Bonchev–Trinajstić information content (AvgIpc) is 2.83. The molecule has 2 amide bonds. The number of nitrogens with zero attached hydrogens (tertiary/aromatic N) is 1. The Balaban J connectivity index is 1.51. The second kappa shape index (κ2) is 12.4. The Kier molecular flexibility index (Phi) is 9.09. The van der Waals surface area contributed by atoms with E-state index in [-0.39, 0.29) is 18.4 Å². The highest BCUT2D eigenvalue weighted by Crippen LogP contribution is 2.18. The van der Waals surface area contributed by atoms with Gasteiger partial charge in [0.05, 0.1) is 13.2 Å². The zero-order valence-corrected chi connectivity index (χ0v) is 20.1. The summed E-state index contributed by atoms with van der Waals surface area (Å²) in [5.41, 5.74) is 3.02. The summed E-state index contributed by atoms with van der Waals surface area (Å²) in [5.74, 6) is 1.05. The van der Waals surface area contributed by atoms with Crippen LogP contribution in [-0.4, -0.2) is 36.9 Å². The maximum absolute atomic E-state index is 12.8. The number of rotatable bonds is 11. The first-order valence-corrected chi connectivity index (χ1v) is 11.6. The zero-order valence-electron chi connectivity index (χ0n) is 20.1. The molecule has 0 aliphatic carbocycles. The van der Waals surface area contributed by atoms with Gasteiger partial charge in [-0.2, -0.15) is 0 Å². The fraction of sp³-hybridized carbons (Fsp3) is 0.286. The summed E-state index contributed by atoms with van der Waals surface area (Å²) in [6.45, 7) is 5.56. The van der Waals surface area contributed by atoms with Crippen molar-refractivity contribution in [1.82, 2.24) is 4.90 Å². The number of anilines is 2. The standard InChI is InChI=1S/C28H33N3O3/c1-21(2)15-16-34-26-14-8-13-25(18-26)30-27(32)19-29-24-12-7-11-23(17-24)28(33)31(3)20-22-9-5-4-6-10-22/h4-14,17-18,21,29H,15-16,19-20H2,1-3H3,(H,30,32). The maximum atomic E-state index is 12.8. The highest BCUT2D eigenvalue weighted by Gasteiger charge is 2.13. The van der Waals surface area contributed by atoms with Gasteiger partial charge in [-0.15, -0.1) is 0 Å². The average molecular weight is 460 g/mol. The van der Waals surface area contributed by atoms with Crippen LogP contribution in [0.15, 0.2) is 78.9 Å². The molecule has 0 spiro atoms. The first-order chi connectivity index (χ1) is 16.4. The molecule has 0 heterocycles. The first-order valence-electron chi connectivity index (χ1n) is 11.6. The van der Waals surface area contributed by atoms with Gasteiger partial charge in [0.1, 0.15) is 5.75 Å². The van der Waals surface area contributed by atoms with Gasteiger partial charge in [-0.05, 0) is 48.2 Å². The molecule has 6 heteroatoms. The van der Waals surface area contributed by atoms with E-state index in [0.29, 0.717) is 36.0 Å². The second-order valence-corrected chi connectivity index (χ2v) is 8.69. The van der Waals surface area contributed by atoms with Crippen molar-refractivity contribution in [2.75, 3.05) is 30.8 Å². The van der Waals surface area contributed by atoms with E-state index in [0.717, 1.165) is 17.7 Å². The van der Waals surface area contributed by atoms with E-state index >= 15 is 0 Å². The third kappa shape index (κ3) is 7.96. The van der Waals surface area contributed by atoms with Gasteiger partial charge in [-0.3, -0.25) is 9.59 Å². The van der Waals surface area contributed by atoms with E-state index in [1.807, 2.05) is 66.7 Å². The van der Waals surface area contributed by atoms with Crippen LogP contribution in [0.3, 0.4) is 0 Å². The molecule has 0 saturated heterocycles. The van der Waals surface area contributed by atoms with E-state index in [2.05, 4.69) is 24.5 Å². The summed E-state index contributed by atoms with van der Waals surface area (Å²) in [6.07, 6.45) is 0.976. The monoisotopic (exact) mass is 459 g/mol. The summed E-state index contributed by atoms with van der Waals surface area (Å²) in [7, 11) is 1.78. The van der Waals surface area contributed by atoms with Gasteiger partial charge in [0, 0.05) is 36.6 Å². The molecule has 2 N–H and O–H groups in total. The van der Waals surface area contributed by atoms with Crippen LogP contribution in [0.2, 0.25) is 0 Å². The Morgan fingerprint density at radius 2 is 1.65 bits per heavy atom. The number of amides is 2. The molecule has 0 aliphatic heterocycles. The molecule has 0 aromatic heterocycles. The molecule has 3 aromatic carbocycles. The molecule has 0 saturated carbocycles. The van der Waals surface area contributed by atoms with Crippen LogP contribution in [0.4, 0.5) is 11.4 Å². The first kappa shape index (κ1) is 24.8. The summed E-state index contributed by atoms with van der Waals surface area (Å²) in [6, 6.07) is 24.4. The fourth-order valence-corrected chi connectivity index (χ4v) is 3.38. The van der Waals surface area contributed by atoms with Crippen LogP contribution in [0.25, 0.3) is 0 Å². The van der Waals surface area contributed by atoms with Crippen molar-refractivity contribution in [2.45, 2.75) is 26.8 Å². The summed E-state index contributed by atoms with van der Waals surface area (Å²) in [5, 5.41) is 5.97. The molecule has 0 unspecified atom stereocenters. The molecule has 0 aliphatic rings. The largest absolute Gasteiger partial charge is 0.494 e. The Labute approximate surface area is 201 Å². The minimum atomic E-state index is -0.183. The summed E-state index contributed by atoms with van der Waals surface area (Å²) in [4.78, 5) is 27.0. The second-order valence-electron chi connectivity index (χ2n) is 8.69. The van der Waals surface area contributed by atoms with Gasteiger partial charge in [-0.25, -0.2) is 0 Å². The van der Waals surface area contributed by atoms with Crippen LogP contribution in [-0.2, 0) is 11.3 Å². The molecule has 0 atom stereocenters.